The zero-order valence-corrected chi connectivity index (χ0v) is 15.9. The van der Waals surface area contributed by atoms with Crippen LogP contribution < -0.4 is 10.2 Å². The SMILES string of the molecule is O=C(Nc1nc2cccc(N3CCN(Cc4cccs4)CC3)n2n1)C1CC1. The molecule has 3 aromatic rings. The molecule has 7 nitrogen and oxygen atoms in total. The predicted molar refractivity (Wildman–Crippen MR) is 106 cm³/mol. The van der Waals surface area contributed by atoms with Crippen LogP contribution in [0.4, 0.5) is 11.8 Å². The Morgan fingerprint density at radius 3 is 2.74 bits per heavy atom. The van der Waals surface area contributed by atoms with E-state index in [9.17, 15) is 4.79 Å². The normalized spacial score (nSPS) is 18.1. The molecule has 1 aliphatic carbocycles. The van der Waals surface area contributed by atoms with Gasteiger partial charge < -0.3 is 4.90 Å². The Morgan fingerprint density at radius 1 is 1.15 bits per heavy atom. The van der Waals surface area contributed by atoms with Gasteiger partial charge >= 0.3 is 0 Å². The molecule has 0 aromatic carbocycles. The van der Waals surface area contributed by atoms with E-state index in [1.165, 1.54) is 4.88 Å². The van der Waals surface area contributed by atoms with Gasteiger partial charge in [-0.3, -0.25) is 15.0 Å². The number of rotatable bonds is 5. The third-order valence-electron chi connectivity index (χ3n) is 5.18. The van der Waals surface area contributed by atoms with Crippen molar-refractivity contribution >= 4 is 34.7 Å². The van der Waals surface area contributed by atoms with Crippen LogP contribution in [0.1, 0.15) is 17.7 Å². The number of nitrogens with one attached hydrogen (secondary N) is 1. The minimum absolute atomic E-state index is 0.0367. The minimum Gasteiger partial charge on any atom is -0.354 e. The molecule has 0 radical (unpaired) electrons. The molecule has 2 fully saturated rings. The number of anilines is 2. The molecule has 5 rings (SSSR count). The molecule has 4 heterocycles. The number of hydrogen-bond acceptors (Lipinski definition) is 6. The van der Waals surface area contributed by atoms with Crippen molar-refractivity contribution in [1.29, 1.82) is 0 Å². The number of amides is 1. The van der Waals surface area contributed by atoms with Crippen molar-refractivity contribution in [1.82, 2.24) is 19.5 Å². The first-order chi connectivity index (χ1) is 13.3. The first-order valence-electron chi connectivity index (χ1n) is 9.42. The lowest BCUT2D eigenvalue weighted by molar-refractivity contribution is -0.117. The molecule has 8 heteroatoms. The number of nitrogens with zero attached hydrogens (tertiary/aromatic N) is 5. The van der Waals surface area contributed by atoms with E-state index in [0.29, 0.717) is 5.95 Å². The largest absolute Gasteiger partial charge is 0.354 e. The third kappa shape index (κ3) is 3.54. The van der Waals surface area contributed by atoms with Gasteiger partial charge in [0, 0.05) is 43.5 Å². The molecule has 140 valence electrons. The van der Waals surface area contributed by atoms with E-state index >= 15 is 0 Å². The number of aromatic nitrogens is 3. The molecular formula is C19H22N6OS. The second-order valence-electron chi connectivity index (χ2n) is 7.20. The van der Waals surface area contributed by atoms with Crippen LogP contribution in [0.2, 0.25) is 0 Å². The molecule has 1 saturated heterocycles. The topological polar surface area (TPSA) is 65.8 Å². The van der Waals surface area contributed by atoms with E-state index in [4.69, 9.17) is 0 Å². The molecule has 1 amide bonds. The third-order valence-corrected chi connectivity index (χ3v) is 6.04. The Morgan fingerprint density at radius 2 is 2.00 bits per heavy atom. The summed E-state index contributed by atoms with van der Waals surface area (Å²) in [6, 6.07) is 10.3. The summed E-state index contributed by atoms with van der Waals surface area (Å²) in [5, 5.41) is 9.52. The Labute approximate surface area is 161 Å². The molecule has 1 saturated carbocycles. The number of hydrogen-bond donors (Lipinski definition) is 1. The van der Waals surface area contributed by atoms with Gasteiger partial charge in [0.2, 0.25) is 11.9 Å². The Kier molecular flexibility index (Phi) is 4.29. The van der Waals surface area contributed by atoms with E-state index in [2.05, 4.69) is 48.8 Å². The molecule has 0 spiro atoms. The standard InChI is InChI=1S/C19H22N6OS/c26-18(14-6-7-14)21-19-20-16-4-1-5-17(25(16)22-19)24-10-8-23(9-11-24)13-15-3-2-12-27-15/h1-5,12,14H,6-11,13H2,(H,21,22,26). The Bertz CT molecular complexity index is 940. The maximum Gasteiger partial charge on any atom is 0.249 e. The highest BCUT2D eigenvalue weighted by atomic mass is 32.1. The van der Waals surface area contributed by atoms with Crippen molar-refractivity contribution in [3.63, 3.8) is 0 Å². The minimum atomic E-state index is 0.0367. The average Bonchev–Trinajstić information content (AvgIpc) is 3.26. The van der Waals surface area contributed by atoms with E-state index < -0.39 is 0 Å². The van der Waals surface area contributed by atoms with Crippen LogP contribution in [0.25, 0.3) is 5.65 Å². The van der Waals surface area contributed by atoms with Gasteiger partial charge in [-0.25, -0.2) is 0 Å². The molecule has 0 atom stereocenters. The summed E-state index contributed by atoms with van der Waals surface area (Å²) >= 11 is 1.82. The Balaban J connectivity index is 1.29. The quantitative estimate of drug-likeness (QED) is 0.734. The van der Waals surface area contributed by atoms with Crippen molar-refractivity contribution < 1.29 is 4.79 Å². The van der Waals surface area contributed by atoms with E-state index in [1.54, 1.807) is 0 Å². The Hall–Kier alpha value is -2.45. The number of fused-ring (bicyclic) bond motifs is 1. The first-order valence-corrected chi connectivity index (χ1v) is 10.3. The van der Waals surface area contributed by atoms with Gasteiger partial charge in [-0.15, -0.1) is 16.4 Å². The molecule has 27 heavy (non-hydrogen) atoms. The zero-order chi connectivity index (χ0) is 18.2. The van der Waals surface area contributed by atoms with Gasteiger partial charge in [-0.2, -0.15) is 9.50 Å². The number of carbonyl (C=O) groups is 1. The van der Waals surface area contributed by atoms with E-state index in [1.807, 2.05) is 28.0 Å². The summed E-state index contributed by atoms with van der Waals surface area (Å²) in [7, 11) is 0. The highest BCUT2D eigenvalue weighted by molar-refractivity contribution is 7.09. The first kappa shape index (κ1) is 16.7. The fourth-order valence-electron chi connectivity index (χ4n) is 3.50. The molecule has 2 aliphatic rings. The van der Waals surface area contributed by atoms with Crippen LogP contribution >= 0.6 is 11.3 Å². The lowest BCUT2D eigenvalue weighted by Crippen LogP contribution is -2.46. The highest BCUT2D eigenvalue weighted by Crippen LogP contribution is 2.30. The average molecular weight is 382 g/mol. The summed E-state index contributed by atoms with van der Waals surface area (Å²) in [5.41, 5.74) is 0.764. The van der Waals surface area contributed by atoms with Crippen LogP contribution in [-0.2, 0) is 11.3 Å². The van der Waals surface area contributed by atoms with E-state index in [0.717, 1.165) is 57.0 Å². The second kappa shape index (κ2) is 6.94. The summed E-state index contributed by atoms with van der Waals surface area (Å²) in [5.74, 6) is 1.61. The smallest absolute Gasteiger partial charge is 0.249 e. The van der Waals surface area contributed by atoms with Crippen LogP contribution in [0.15, 0.2) is 35.7 Å². The molecule has 1 N–H and O–H groups in total. The lowest BCUT2D eigenvalue weighted by Gasteiger charge is -2.35. The fraction of sp³-hybridized carbons (Fsp3) is 0.421. The van der Waals surface area contributed by atoms with Crippen molar-refractivity contribution in [2.45, 2.75) is 19.4 Å². The van der Waals surface area contributed by atoms with Gasteiger partial charge in [-0.1, -0.05) is 12.1 Å². The summed E-state index contributed by atoms with van der Waals surface area (Å²) in [4.78, 5) is 22.7. The molecular weight excluding hydrogens is 360 g/mol. The van der Waals surface area contributed by atoms with Crippen LogP contribution in [0.3, 0.4) is 0 Å². The van der Waals surface area contributed by atoms with Crippen molar-refractivity contribution in [2.75, 3.05) is 36.4 Å². The van der Waals surface area contributed by atoms with Gasteiger partial charge in [0.05, 0.1) is 0 Å². The van der Waals surface area contributed by atoms with Crippen LogP contribution in [0.5, 0.6) is 0 Å². The van der Waals surface area contributed by atoms with Gasteiger partial charge in [0.25, 0.3) is 0 Å². The van der Waals surface area contributed by atoms with Crippen molar-refractivity contribution in [3.8, 4) is 0 Å². The highest BCUT2D eigenvalue weighted by Gasteiger charge is 2.30. The lowest BCUT2D eigenvalue weighted by atomic mass is 10.3. The van der Waals surface area contributed by atoms with Crippen LogP contribution in [0, 0.1) is 5.92 Å². The number of carbonyl (C=O) groups excluding carboxylic acids is 1. The van der Waals surface area contributed by atoms with Crippen molar-refractivity contribution in [2.24, 2.45) is 5.92 Å². The fourth-order valence-corrected chi connectivity index (χ4v) is 4.25. The number of thiophene rings is 1. The number of piperazine rings is 1. The zero-order valence-electron chi connectivity index (χ0n) is 15.0. The monoisotopic (exact) mass is 382 g/mol. The van der Waals surface area contributed by atoms with Crippen molar-refractivity contribution in [3.05, 3.63) is 40.6 Å². The molecule has 3 aromatic heterocycles. The molecule has 1 aliphatic heterocycles. The molecule has 0 bridgehead atoms. The maximum absolute atomic E-state index is 12.0. The van der Waals surface area contributed by atoms with Crippen LogP contribution in [-0.4, -0.2) is 51.6 Å². The summed E-state index contributed by atoms with van der Waals surface area (Å²) in [6.07, 6.45) is 1.94. The van der Waals surface area contributed by atoms with Gasteiger partial charge in [0.15, 0.2) is 5.65 Å². The maximum atomic E-state index is 12.0. The summed E-state index contributed by atoms with van der Waals surface area (Å²) < 4.78 is 1.84. The predicted octanol–water partition coefficient (Wildman–Crippen LogP) is 2.46. The number of pyridine rings is 1. The molecule has 0 unspecified atom stereocenters. The second-order valence-corrected chi connectivity index (χ2v) is 8.23. The van der Waals surface area contributed by atoms with Gasteiger partial charge in [0.1, 0.15) is 5.82 Å². The summed E-state index contributed by atoms with van der Waals surface area (Å²) in [6.45, 7) is 4.97. The van der Waals surface area contributed by atoms with Gasteiger partial charge in [-0.05, 0) is 36.4 Å². The van der Waals surface area contributed by atoms with E-state index in [-0.39, 0.29) is 11.8 Å².